The van der Waals surface area contributed by atoms with Gasteiger partial charge in [0.05, 0.1) is 18.6 Å². The Hall–Kier alpha value is -3.06. The summed E-state index contributed by atoms with van der Waals surface area (Å²) in [6, 6.07) is 11.4. The van der Waals surface area contributed by atoms with Crippen LogP contribution in [0.3, 0.4) is 0 Å². The summed E-state index contributed by atoms with van der Waals surface area (Å²) in [6.45, 7) is 0.857. The SMILES string of the molecule is O=C(O)CONc1cccc2cc(OCCn3ccnc3)ccc12. The molecule has 2 N–H and O–H groups in total. The van der Waals surface area contributed by atoms with Gasteiger partial charge in [0, 0.05) is 17.8 Å². The Labute approximate surface area is 138 Å². The van der Waals surface area contributed by atoms with E-state index in [4.69, 9.17) is 14.7 Å². The number of anilines is 1. The fraction of sp³-hybridized carbons (Fsp3) is 0.176. The van der Waals surface area contributed by atoms with Crippen molar-refractivity contribution in [3.05, 3.63) is 55.1 Å². The standard InChI is InChI=1S/C17H17N3O4/c21-17(22)11-24-19-16-3-1-2-13-10-14(4-5-15(13)16)23-9-8-20-7-6-18-12-20/h1-7,10,12,19H,8-9,11H2,(H,21,22). The summed E-state index contributed by atoms with van der Waals surface area (Å²) in [5.41, 5.74) is 3.38. The summed E-state index contributed by atoms with van der Waals surface area (Å²) >= 11 is 0. The van der Waals surface area contributed by atoms with E-state index >= 15 is 0 Å². The van der Waals surface area contributed by atoms with Crippen molar-refractivity contribution < 1.29 is 19.5 Å². The number of nitrogens with one attached hydrogen (secondary N) is 1. The number of fused-ring (bicyclic) bond motifs is 1. The van der Waals surface area contributed by atoms with Crippen molar-refractivity contribution in [2.75, 3.05) is 18.7 Å². The topological polar surface area (TPSA) is 85.6 Å². The molecule has 0 unspecified atom stereocenters. The number of ether oxygens (including phenoxy) is 1. The zero-order chi connectivity index (χ0) is 16.8. The Morgan fingerprint density at radius 2 is 2.21 bits per heavy atom. The molecule has 0 aliphatic carbocycles. The molecular weight excluding hydrogens is 310 g/mol. The second-order valence-corrected chi connectivity index (χ2v) is 5.12. The number of aliphatic carboxylic acids is 1. The molecule has 1 heterocycles. The lowest BCUT2D eigenvalue weighted by Gasteiger charge is -2.11. The van der Waals surface area contributed by atoms with E-state index in [9.17, 15) is 4.79 Å². The molecule has 0 saturated carbocycles. The third-order valence-corrected chi connectivity index (χ3v) is 3.41. The maximum Gasteiger partial charge on any atom is 0.332 e. The Bertz CT molecular complexity index is 818. The lowest BCUT2D eigenvalue weighted by molar-refractivity contribution is -0.141. The van der Waals surface area contributed by atoms with Gasteiger partial charge in [0.2, 0.25) is 0 Å². The molecule has 7 nitrogen and oxygen atoms in total. The van der Waals surface area contributed by atoms with Gasteiger partial charge < -0.3 is 14.4 Å². The van der Waals surface area contributed by atoms with E-state index in [2.05, 4.69) is 10.5 Å². The van der Waals surface area contributed by atoms with E-state index in [0.29, 0.717) is 12.3 Å². The summed E-state index contributed by atoms with van der Waals surface area (Å²) in [5, 5.41) is 10.5. The molecule has 7 heteroatoms. The molecule has 3 rings (SSSR count). The highest BCUT2D eigenvalue weighted by atomic mass is 16.7. The summed E-state index contributed by atoms with van der Waals surface area (Å²) < 4.78 is 7.71. The third kappa shape index (κ3) is 4.02. The van der Waals surface area contributed by atoms with Crippen LogP contribution in [0.2, 0.25) is 0 Å². The Morgan fingerprint density at radius 3 is 3.00 bits per heavy atom. The van der Waals surface area contributed by atoms with Gasteiger partial charge in [-0.3, -0.25) is 10.3 Å². The van der Waals surface area contributed by atoms with Gasteiger partial charge in [-0.2, -0.15) is 0 Å². The molecule has 0 fully saturated rings. The lowest BCUT2D eigenvalue weighted by atomic mass is 10.1. The van der Waals surface area contributed by atoms with Gasteiger partial charge in [0.1, 0.15) is 12.4 Å². The van der Waals surface area contributed by atoms with E-state index in [0.717, 1.165) is 23.1 Å². The molecule has 24 heavy (non-hydrogen) atoms. The van der Waals surface area contributed by atoms with Gasteiger partial charge in [-0.25, -0.2) is 9.78 Å². The lowest BCUT2D eigenvalue weighted by Crippen LogP contribution is -2.11. The van der Waals surface area contributed by atoms with Crippen molar-refractivity contribution >= 4 is 22.4 Å². The molecule has 0 radical (unpaired) electrons. The quantitative estimate of drug-likeness (QED) is 0.618. The van der Waals surface area contributed by atoms with Crippen LogP contribution in [-0.4, -0.2) is 33.8 Å². The number of carbonyl (C=O) groups is 1. The molecule has 0 atom stereocenters. The number of benzene rings is 2. The van der Waals surface area contributed by atoms with Gasteiger partial charge in [-0.15, -0.1) is 0 Å². The van der Waals surface area contributed by atoms with E-state index in [1.165, 1.54) is 0 Å². The van der Waals surface area contributed by atoms with Crippen molar-refractivity contribution in [1.29, 1.82) is 0 Å². The first-order valence-corrected chi connectivity index (χ1v) is 7.43. The highest BCUT2D eigenvalue weighted by molar-refractivity contribution is 5.94. The summed E-state index contributed by atoms with van der Waals surface area (Å²) in [4.78, 5) is 19.4. The van der Waals surface area contributed by atoms with Crippen molar-refractivity contribution in [1.82, 2.24) is 9.55 Å². The minimum Gasteiger partial charge on any atom is -0.492 e. The molecule has 0 saturated heterocycles. The molecule has 0 amide bonds. The van der Waals surface area contributed by atoms with Crippen molar-refractivity contribution in [2.45, 2.75) is 6.54 Å². The van der Waals surface area contributed by atoms with Crippen LogP contribution in [0.5, 0.6) is 5.75 Å². The van der Waals surface area contributed by atoms with Crippen molar-refractivity contribution in [3.8, 4) is 5.75 Å². The van der Waals surface area contributed by atoms with Crippen LogP contribution < -0.4 is 10.2 Å². The van der Waals surface area contributed by atoms with Crippen LogP contribution in [0.25, 0.3) is 10.8 Å². The van der Waals surface area contributed by atoms with Gasteiger partial charge in [-0.05, 0) is 29.7 Å². The molecule has 3 aromatic rings. The van der Waals surface area contributed by atoms with Crippen LogP contribution in [0.4, 0.5) is 5.69 Å². The highest BCUT2D eigenvalue weighted by Gasteiger charge is 2.04. The van der Waals surface area contributed by atoms with E-state index < -0.39 is 12.6 Å². The second-order valence-electron chi connectivity index (χ2n) is 5.12. The predicted octanol–water partition coefficient (Wildman–Crippen LogP) is 2.54. The molecule has 0 aliphatic heterocycles. The van der Waals surface area contributed by atoms with Crippen molar-refractivity contribution in [3.63, 3.8) is 0 Å². The first kappa shape index (κ1) is 15.8. The Kier molecular flexibility index (Phi) is 4.93. The molecular formula is C17H17N3O4. The molecule has 2 aromatic carbocycles. The molecule has 0 aliphatic rings. The minimum atomic E-state index is -1.03. The number of hydrogen-bond acceptors (Lipinski definition) is 5. The highest BCUT2D eigenvalue weighted by Crippen LogP contribution is 2.27. The minimum absolute atomic E-state index is 0.411. The number of aromatic nitrogens is 2. The van der Waals surface area contributed by atoms with Crippen LogP contribution >= 0.6 is 0 Å². The van der Waals surface area contributed by atoms with Crippen LogP contribution in [0.1, 0.15) is 0 Å². The number of imidazole rings is 1. The first-order valence-electron chi connectivity index (χ1n) is 7.43. The van der Waals surface area contributed by atoms with Crippen LogP contribution in [0.15, 0.2) is 55.1 Å². The van der Waals surface area contributed by atoms with Gasteiger partial charge in [0.25, 0.3) is 0 Å². The molecule has 1 aromatic heterocycles. The first-order chi connectivity index (χ1) is 11.7. The second kappa shape index (κ2) is 7.47. The number of hydrogen-bond donors (Lipinski definition) is 2. The number of carboxylic acid groups (broad SMARTS) is 1. The third-order valence-electron chi connectivity index (χ3n) is 3.41. The Morgan fingerprint density at radius 1 is 1.29 bits per heavy atom. The largest absolute Gasteiger partial charge is 0.492 e. The van der Waals surface area contributed by atoms with E-state index in [1.54, 1.807) is 12.5 Å². The fourth-order valence-corrected chi connectivity index (χ4v) is 2.30. The Balaban J connectivity index is 1.66. The number of rotatable bonds is 8. The van der Waals surface area contributed by atoms with E-state index in [1.807, 2.05) is 47.2 Å². The summed E-state index contributed by atoms with van der Waals surface area (Å²) in [5.74, 6) is -0.262. The molecule has 0 bridgehead atoms. The number of nitrogens with zero attached hydrogens (tertiary/aromatic N) is 2. The maximum atomic E-state index is 10.5. The summed E-state index contributed by atoms with van der Waals surface area (Å²) in [7, 11) is 0. The maximum absolute atomic E-state index is 10.5. The van der Waals surface area contributed by atoms with Crippen LogP contribution in [0, 0.1) is 0 Å². The smallest absolute Gasteiger partial charge is 0.332 e. The van der Waals surface area contributed by atoms with E-state index in [-0.39, 0.29) is 0 Å². The average molecular weight is 327 g/mol. The zero-order valence-corrected chi connectivity index (χ0v) is 12.9. The van der Waals surface area contributed by atoms with Crippen molar-refractivity contribution in [2.24, 2.45) is 0 Å². The normalized spacial score (nSPS) is 10.7. The van der Waals surface area contributed by atoms with Gasteiger partial charge in [-0.1, -0.05) is 12.1 Å². The average Bonchev–Trinajstić information content (AvgIpc) is 3.08. The summed E-state index contributed by atoms with van der Waals surface area (Å²) in [6.07, 6.45) is 5.37. The van der Waals surface area contributed by atoms with Crippen LogP contribution in [-0.2, 0) is 16.2 Å². The monoisotopic (exact) mass is 327 g/mol. The zero-order valence-electron chi connectivity index (χ0n) is 12.9. The fourth-order valence-electron chi connectivity index (χ4n) is 2.30. The van der Waals surface area contributed by atoms with Gasteiger partial charge >= 0.3 is 5.97 Å². The molecule has 0 spiro atoms. The predicted molar refractivity (Wildman–Crippen MR) is 88.9 cm³/mol. The molecule has 124 valence electrons. The number of carboxylic acids is 1. The van der Waals surface area contributed by atoms with Gasteiger partial charge in [0.15, 0.2) is 6.61 Å².